The zero-order valence-electron chi connectivity index (χ0n) is 20.3. The Balaban J connectivity index is 4.22. The summed E-state index contributed by atoms with van der Waals surface area (Å²) in [6.45, 7) is 5.01. The van der Waals surface area contributed by atoms with Crippen LogP contribution in [-0.2, 0) is 23.1 Å². The third kappa shape index (κ3) is 22.2. The van der Waals surface area contributed by atoms with Crippen LogP contribution in [0.25, 0.3) is 0 Å². The van der Waals surface area contributed by atoms with E-state index in [1.54, 1.807) is 0 Å². The maximum atomic E-state index is 12.0. The van der Waals surface area contributed by atoms with E-state index in [4.69, 9.17) is 13.8 Å². The molecular formula is C22H45N2O6P. The van der Waals surface area contributed by atoms with Gasteiger partial charge in [-0.25, -0.2) is 0 Å². The van der Waals surface area contributed by atoms with E-state index in [9.17, 15) is 14.3 Å². The van der Waals surface area contributed by atoms with E-state index >= 15 is 0 Å². The number of phosphoric ester groups is 1. The molecule has 0 heterocycles. The monoisotopic (exact) mass is 465 g/mol. The van der Waals surface area contributed by atoms with Crippen LogP contribution in [0.2, 0.25) is 0 Å². The lowest BCUT2D eigenvalue weighted by molar-refractivity contribution is -0.870. The molecule has 184 valence electrons. The topological polar surface area (TPSA) is 96.9 Å². The van der Waals surface area contributed by atoms with Crippen molar-refractivity contribution in [1.29, 1.82) is 0 Å². The van der Waals surface area contributed by atoms with Gasteiger partial charge in [-0.1, -0.05) is 51.9 Å². The molecule has 0 aromatic rings. The molecule has 31 heavy (non-hydrogen) atoms. The fourth-order valence-corrected chi connectivity index (χ4v) is 3.40. The molecule has 0 aliphatic carbocycles. The second-order valence-electron chi connectivity index (χ2n) is 8.95. The Morgan fingerprint density at radius 3 is 2.19 bits per heavy atom. The predicted octanol–water partition coefficient (Wildman–Crippen LogP) is 3.41. The van der Waals surface area contributed by atoms with Crippen molar-refractivity contribution < 1.29 is 32.5 Å². The first-order chi connectivity index (χ1) is 14.6. The summed E-state index contributed by atoms with van der Waals surface area (Å²) < 4.78 is 28.2. The van der Waals surface area contributed by atoms with Gasteiger partial charge in [0.15, 0.2) is 5.78 Å². The van der Waals surface area contributed by atoms with Gasteiger partial charge in [0.05, 0.1) is 40.4 Å². The number of likely N-dealkylation sites (N-methyl/N-ethyl adjacent to an activating group) is 1. The van der Waals surface area contributed by atoms with Gasteiger partial charge in [0.2, 0.25) is 0 Å². The molecule has 0 fully saturated rings. The minimum absolute atomic E-state index is 0.0571. The highest BCUT2D eigenvalue weighted by Gasteiger charge is 2.16. The van der Waals surface area contributed by atoms with Crippen LogP contribution in [0.15, 0.2) is 12.3 Å². The van der Waals surface area contributed by atoms with Crippen LogP contribution in [0.4, 0.5) is 0 Å². The summed E-state index contributed by atoms with van der Waals surface area (Å²) in [5.74, 6) is -0.106. The van der Waals surface area contributed by atoms with E-state index < -0.39 is 13.9 Å². The summed E-state index contributed by atoms with van der Waals surface area (Å²) in [6.07, 6.45) is 12.6. The standard InChI is InChI=1S/C22H45N2O6P/c1-6-7-8-9-10-11-12-13-17-28-19-22(23-15-14-21(2)25)20-30-31(26,27)29-18-16-24(3,4)5/h14-15,22H,6-13,16-20H2,1-5H3,(H-,23,25,26,27)/t22-/m1/s1/i31+1. The van der Waals surface area contributed by atoms with Crippen LogP contribution in [0, 0.1) is 0 Å². The normalized spacial score (nSPS) is 15.2. The van der Waals surface area contributed by atoms with Crippen molar-refractivity contribution in [3.05, 3.63) is 12.3 Å². The maximum absolute atomic E-state index is 12.0. The number of allylic oxidation sites excluding steroid dienone is 1. The molecular weight excluding hydrogens is 420 g/mol. The van der Waals surface area contributed by atoms with Crippen LogP contribution in [-0.4, -0.2) is 70.4 Å². The third-order valence-electron chi connectivity index (χ3n) is 4.56. The smallest absolute Gasteiger partial charge is 0.268 e. The quantitative estimate of drug-likeness (QED) is 0.120. The first kappa shape index (κ1) is 30.2. The highest BCUT2D eigenvalue weighted by atomic mass is 32.2. The van der Waals surface area contributed by atoms with Crippen molar-refractivity contribution in [3.63, 3.8) is 0 Å². The number of quaternary nitrogens is 1. The van der Waals surface area contributed by atoms with Crippen LogP contribution >= 0.6 is 7.82 Å². The Labute approximate surface area is 189 Å². The van der Waals surface area contributed by atoms with Gasteiger partial charge in [-0.2, -0.15) is 0 Å². The van der Waals surface area contributed by atoms with E-state index in [0.29, 0.717) is 17.6 Å². The highest BCUT2D eigenvalue weighted by molar-refractivity contribution is 7.45. The van der Waals surface area contributed by atoms with Crippen LogP contribution in [0.5, 0.6) is 0 Å². The van der Waals surface area contributed by atoms with Crippen molar-refractivity contribution in [2.45, 2.75) is 71.3 Å². The molecule has 0 saturated carbocycles. The van der Waals surface area contributed by atoms with E-state index in [0.717, 1.165) is 12.8 Å². The van der Waals surface area contributed by atoms with Gasteiger partial charge in [0.1, 0.15) is 13.2 Å². The lowest BCUT2D eigenvalue weighted by Gasteiger charge is -2.28. The number of hydrogen-bond acceptors (Lipinski definition) is 7. The molecule has 0 rings (SSSR count). The number of ether oxygens (including phenoxy) is 1. The Hall–Kier alpha value is -0.760. The summed E-state index contributed by atoms with van der Waals surface area (Å²) in [7, 11) is 1.45. The molecule has 0 spiro atoms. The van der Waals surface area contributed by atoms with Gasteiger partial charge >= 0.3 is 0 Å². The summed E-state index contributed by atoms with van der Waals surface area (Å²) in [4.78, 5) is 23.1. The Bertz CT molecular complexity index is 537. The Kier molecular flexibility index (Phi) is 17.3. The van der Waals surface area contributed by atoms with Gasteiger partial charge < -0.3 is 28.5 Å². The zero-order chi connectivity index (χ0) is 23.6. The van der Waals surface area contributed by atoms with Gasteiger partial charge in [0.25, 0.3) is 7.82 Å². The minimum atomic E-state index is -4.40. The molecule has 9 heteroatoms. The first-order valence-electron chi connectivity index (χ1n) is 11.5. The largest absolute Gasteiger partial charge is 0.756 e. The summed E-state index contributed by atoms with van der Waals surface area (Å²) in [5, 5.41) is 2.96. The van der Waals surface area contributed by atoms with Crippen molar-refractivity contribution in [1.82, 2.24) is 5.32 Å². The summed E-state index contributed by atoms with van der Waals surface area (Å²) in [5.41, 5.74) is 0. The molecule has 0 aromatic carbocycles. The number of carbonyl (C=O) groups is 1. The van der Waals surface area contributed by atoms with Gasteiger partial charge in [-0.15, -0.1) is 0 Å². The predicted molar refractivity (Wildman–Crippen MR) is 123 cm³/mol. The third-order valence-corrected chi connectivity index (χ3v) is 5.52. The van der Waals surface area contributed by atoms with Crippen LogP contribution in [0.3, 0.4) is 0 Å². The van der Waals surface area contributed by atoms with Crippen LogP contribution in [0.1, 0.15) is 65.2 Å². The van der Waals surface area contributed by atoms with Crippen molar-refractivity contribution in [2.75, 3.05) is 54.1 Å². The van der Waals surface area contributed by atoms with E-state index in [1.807, 2.05) is 21.1 Å². The van der Waals surface area contributed by atoms with Gasteiger partial charge in [-0.3, -0.25) is 9.36 Å². The number of nitrogens with zero attached hydrogens (tertiary/aromatic N) is 1. The average molecular weight is 466 g/mol. The van der Waals surface area contributed by atoms with Crippen molar-refractivity contribution >= 4 is 13.6 Å². The lowest BCUT2D eigenvalue weighted by atomic mass is 10.1. The van der Waals surface area contributed by atoms with Gasteiger partial charge in [0, 0.05) is 12.8 Å². The number of rotatable bonds is 21. The number of hydrogen-bond donors (Lipinski definition) is 1. The molecule has 0 aliphatic rings. The highest BCUT2D eigenvalue weighted by Crippen LogP contribution is 2.38. The molecule has 2 atom stereocenters. The molecule has 8 nitrogen and oxygen atoms in total. The number of ketones is 1. The summed E-state index contributed by atoms with van der Waals surface area (Å²) >= 11 is 0. The molecule has 1 N–H and O–H groups in total. The molecule has 0 amide bonds. The van der Waals surface area contributed by atoms with E-state index in [1.165, 1.54) is 57.7 Å². The molecule has 0 aromatic heterocycles. The number of carbonyl (C=O) groups excluding carboxylic acids is 1. The Morgan fingerprint density at radius 1 is 1.00 bits per heavy atom. The minimum Gasteiger partial charge on any atom is -0.756 e. The lowest BCUT2D eigenvalue weighted by Crippen LogP contribution is -2.38. The van der Waals surface area contributed by atoms with Gasteiger partial charge in [-0.05, 0) is 19.4 Å². The van der Waals surface area contributed by atoms with E-state index in [2.05, 4.69) is 12.2 Å². The second kappa shape index (κ2) is 17.8. The number of phosphoric acid groups is 1. The fraction of sp³-hybridized carbons (Fsp3) is 0.864. The summed E-state index contributed by atoms with van der Waals surface area (Å²) in [6, 6.07) is -0.408. The average Bonchev–Trinajstić information content (AvgIpc) is 2.65. The van der Waals surface area contributed by atoms with Crippen molar-refractivity contribution in [3.8, 4) is 0 Å². The molecule has 0 radical (unpaired) electrons. The number of nitrogens with one attached hydrogen (secondary N) is 1. The van der Waals surface area contributed by atoms with Crippen molar-refractivity contribution in [2.24, 2.45) is 0 Å². The molecule has 0 saturated heterocycles. The number of unbranched alkanes of at least 4 members (excludes halogenated alkanes) is 7. The Morgan fingerprint density at radius 2 is 1.61 bits per heavy atom. The second-order valence-corrected chi connectivity index (χ2v) is 10.4. The fourth-order valence-electron chi connectivity index (χ4n) is 2.65. The van der Waals surface area contributed by atoms with E-state index in [-0.39, 0.29) is 25.6 Å². The van der Waals surface area contributed by atoms with Crippen LogP contribution < -0.4 is 10.2 Å². The molecule has 0 bridgehead atoms. The SMILES string of the molecule is CCCCCCCCCCOC[C@H](CO[32P](=O)([O-])OCC[N+](C)(C)C)N/C=C\C(C)=O. The maximum Gasteiger partial charge on any atom is 0.268 e. The zero-order valence-corrected chi connectivity index (χ0v) is 21.2. The molecule has 1 unspecified atom stereocenters. The molecule has 0 aliphatic heterocycles. The first-order valence-corrected chi connectivity index (χ1v) is 12.9.